The molecule has 1 heterocycles. The topological polar surface area (TPSA) is 101 Å². The molecule has 0 atom stereocenters. The number of hydrogen-bond acceptors (Lipinski definition) is 4. The zero-order valence-electron chi connectivity index (χ0n) is 17.1. The molecular formula is C23H22ClN3O4. The van der Waals surface area contributed by atoms with Crippen LogP contribution in [0.2, 0.25) is 5.02 Å². The fourth-order valence-electron chi connectivity index (χ4n) is 3.12. The van der Waals surface area contributed by atoms with E-state index >= 15 is 0 Å². The number of halogens is 1. The van der Waals surface area contributed by atoms with Crippen molar-refractivity contribution < 1.29 is 19.4 Å². The number of aromatic nitrogens is 1. The van der Waals surface area contributed by atoms with Gasteiger partial charge in [-0.15, -0.1) is 0 Å². The molecule has 0 saturated heterocycles. The molecule has 0 fully saturated rings. The number of benzene rings is 2. The first-order valence-electron chi connectivity index (χ1n) is 9.49. The highest BCUT2D eigenvalue weighted by molar-refractivity contribution is 6.32. The molecule has 3 N–H and O–H groups in total. The summed E-state index contributed by atoms with van der Waals surface area (Å²) in [5, 5.41) is 14.7. The third-order valence-electron chi connectivity index (χ3n) is 4.72. The largest absolute Gasteiger partial charge is 0.495 e. The molecule has 7 nitrogen and oxygen atoms in total. The van der Waals surface area contributed by atoms with Crippen molar-refractivity contribution in [1.29, 1.82) is 0 Å². The van der Waals surface area contributed by atoms with E-state index in [2.05, 4.69) is 15.6 Å². The van der Waals surface area contributed by atoms with Gasteiger partial charge in [0.15, 0.2) is 0 Å². The Morgan fingerprint density at radius 3 is 2.55 bits per heavy atom. The molecule has 0 aliphatic carbocycles. The lowest BCUT2D eigenvalue weighted by molar-refractivity contribution is 0.0950. The fraction of sp³-hybridized carbons (Fsp3) is 0.174. The Bertz CT molecular complexity index is 1120. The van der Waals surface area contributed by atoms with E-state index < -0.39 is 6.09 Å². The number of carboxylic acid groups (broad SMARTS) is 1. The van der Waals surface area contributed by atoms with Crippen LogP contribution < -0.4 is 15.4 Å². The van der Waals surface area contributed by atoms with Crippen LogP contribution in [0.5, 0.6) is 5.75 Å². The van der Waals surface area contributed by atoms with Crippen molar-refractivity contribution >= 4 is 23.6 Å². The fourth-order valence-corrected chi connectivity index (χ4v) is 3.32. The van der Waals surface area contributed by atoms with Gasteiger partial charge in [0.05, 0.1) is 12.1 Å². The number of aryl methyl sites for hydroxylation is 1. The summed E-state index contributed by atoms with van der Waals surface area (Å²) in [6.07, 6.45) is 2.29. The molecule has 1 aromatic heterocycles. The van der Waals surface area contributed by atoms with Gasteiger partial charge in [0, 0.05) is 36.6 Å². The first-order chi connectivity index (χ1) is 14.9. The number of ether oxygens (including phenoxy) is 1. The Labute approximate surface area is 185 Å². The smallest absolute Gasteiger partial charge is 0.404 e. The van der Waals surface area contributed by atoms with E-state index in [4.69, 9.17) is 21.4 Å². The molecule has 0 saturated carbocycles. The molecule has 3 aromatic rings. The second-order valence-corrected chi connectivity index (χ2v) is 7.33. The molecule has 0 spiro atoms. The van der Waals surface area contributed by atoms with E-state index in [0.717, 1.165) is 22.3 Å². The van der Waals surface area contributed by atoms with Crippen LogP contribution in [0.4, 0.5) is 4.79 Å². The van der Waals surface area contributed by atoms with E-state index in [0.29, 0.717) is 21.9 Å². The first kappa shape index (κ1) is 22.1. The summed E-state index contributed by atoms with van der Waals surface area (Å²) in [6.45, 7) is 2.31. The summed E-state index contributed by atoms with van der Waals surface area (Å²) in [5.41, 5.74) is 4.58. The summed E-state index contributed by atoms with van der Waals surface area (Å²) < 4.78 is 5.21. The second-order valence-electron chi connectivity index (χ2n) is 6.92. The number of carbonyl (C=O) groups excluding carboxylic acids is 1. The Morgan fingerprint density at radius 1 is 1.06 bits per heavy atom. The van der Waals surface area contributed by atoms with Crippen molar-refractivity contribution in [2.24, 2.45) is 0 Å². The molecule has 8 heteroatoms. The number of hydrogen-bond donors (Lipinski definition) is 3. The molecule has 0 aliphatic heterocycles. The van der Waals surface area contributed by atoms with E-state index in [9.17, 15) is 9.59 Å². The minimum Gasteiger partial charge on any atom is -0.495 e. The number of amides is 2. The van der Waals surface area contributed by atoms with Gasteiger partial charge in [-0.1, -0.05) is 17.7 Å². The molecule has 2 amide bonds. The van der Waals surface area contributed by atoms with Gasteiger partial charge in [-0.3, -0.25) is 9.78 Å². The summed E-state index contributed by atoms with van der Waals surface area (Å²) in [4.78, 5) is 28.0. The second kappa shape index (κ2) is 9.95. The maximum atomic E-state index is 12.9. The number of nitrogens with one attached hydrogen (secondary N) is 2. The number of nitrogens with zero attached hydrogens (tertiary/aromatic N) is 1. The summed E-state index contributed by atoms with van der Waals surface area (Å²) in [7, 11) is 1.53. The van der Waals surface area contributed by atoms with Gasteiger partial charge < -0.3 is 20.5 Å². The van der Waals surface area contributed by atoms with Crippen LogP contribution in [0, 0.1) is 6.92 Å². The standard InChI is InChI=1S/C23H22ClN3O4/c1-14-5-6-25-13-19(14)17-7-16(12-27-23(29)30)8-18(10-17)22(28)26-11-15-3-4-20(24)21(9-15)31-2/h3-10,13,27H,11-12H2,1-2H3,(H,26,28)(H,29,30). The quantitative estimate of drug-likeness (QED) is 0.506. The molecule has 0 unspecified atom stereocenters. The van der Waals surface area contributed by atoms with Crippen LogP contribution >= 0.6 is 11.6 Å². The van der Waals surface area contributed by atoms with Crippen molar-refractivity contribution in [2.75, 3.05) is 7.11 Å². The Hall–Kier alpha value is -3.58. The number of rotatable bonds is 7. The van der Waals surface area contributed by atoms with Gasteiger partial charge in [0.2, 0.25) is 0 Å². The average Bonchev–Trinajstić information content (AvgIpc) is 2.77. The predicted octanol–water partition coefficient (Wildman–Crippen LogP) is 4.42. The molecule has 0 radical (unpaired) electrons. The maximum absolute atomic E-state index is 12.9. The van der Waals surface area contributed by atoms with Crippen molar-refractivity contribution in [2.45, 2.75) is 20.0 Å². The van der Waals surface area contributed by atoms with Gasteiger partial charge in [-0.2, -0.15) is 0 Å². The van der Waals surface area contributed by atoms with E-state index in [1.54, 1.807) is 36.7 Å². The van der Waals surface area contributed by atoms with Gasteiger partial charge >= 0.3 is 6.09 Å². The highest BCUT2D eigenvalue weighted by Gasteiger charge is 2.12. The van der Waals surface area contributed by atoms with Gasteiger partial charge in [-0.25, -0.2) is 4.79 Å². The third-order valence-corrected chi connectivity index (χ3v) is 5.03. The van der Waals surface area contributed by atoms with Crippen LogP contribution in [-0.2, 0) is 13.1 Å². The lowest BCUT2D eigenvalue weighted by Crippen LogP contribution is -2.24. The van der Waals surface area contributed by atoms with Crippen molar-refractivity contribution in [3.05, 3.63) is 82.1 Å². The maximum Gasteiger partial charge on any atom is 0.404 e. The summed E-state index contributed by atoms with van der Waals surface area (Å²) in [5.74, 6) is 0.249. The summed E-state index contributed by atoms with van der Waals surface area (Å²) in [6, 6.07) is 12.5. The van der Waals surface area contributed by atoms with Crippen molar-refractivity contribution in [3.63, 3.8) is 0 Å². The summed E-state index contributed by atoms with van der Waals surface area (Å²) >= 11 is 6.05. The van der Waals surface area contributed by atoms with E-state index in [1.165, 1.54) is 7.11 Å². The average molecular weight is 440 g/mol. The third kappa shape index (κ3) is 5.73. The molecule has 160 valence electrons. The van der Waals surface area contributed by atoms with Crippen LogP contribution in [0.1, 0.15) is 27.0 Å². The van der Waals surface area contributed by atoms with Crippen LogP contribution in [0.3, 0.4) is 0 Å². The van der Waals surface area contributed by atoms with Gasteiger partial charge in [-0.05, 0) is 65.6 Å². The predicted molar refractivity (Wildman–Crippen MR) is 118 cm³/mol. The first-order valence-corrected chi connectivity index (χ1v) is 9.87. The highest BCUT2D eigenvalue weighted by Crippen LogP contribution is 2.26. The number of methoxy groups -OCH3 is 1. The van der Waals surface area contributed by atoms with Crippen molar-refractivity contribution in [1.82, 2.24) is 15.6 Å². The Kier molecular flexibility index (Phi) is 7.10. The molecule has 0 aliphatic rings. The van der Waals surface area contributed by atoms with Crippen molar-refractivity contribution in [3.8, 4) is 16.9 Å². The molecule has 3 rings (SSSR count). The number of carbonyl (C=O) groups is 2. The minimum absolute atomic E-state index is 0.0805. The lowest BCUT2D eigenvalue weighted by atomic mass is 9.97. The minimum atomic E-state index is -1.13. The number of pyridine rings is 1. The van der Waals surface area contributed by atoms with Crippen LogP contribution in [0.25, 0.3) is 11.1 Å². The molecule has 31 heavy (non-hydrogen) atoms. The van der Waals surface area contributed by atoms with Crippen LogP contribution in [-0.4, -0.2) is 29.2 Å². The van der Waals surface area contributed by atoms with E-state index in [1.807, 2.05) is 25.1 Å². The highest BCUT2D eigenvalue weighted by atomic mass is 35.5. The van der Waals surface area contributed by atoms with Crippen LogP contribution in [0.15, 0.2) is 54.9 Å². The van der Waals surface area contributed by atoms with E-state index in [-0.39, 0.29) is 19.0 Å². The zero-order chi connectivity index (χ0) is 22.4. The van der Waals surface area contributed by atoms with Gasteiger partial charge in [0.1, 0.15) is 5.75 Å². The Morgan fingerprint density at radius 2 is 1.84 bits per heavy atom. The molecular weight excluding hydrogens is 418 g/mol. The lowest BCUT2D eigenvalue weighted by Gasteiger charge is -2.13. The molecule has 2 aromatic carbocycles. The normalized spacial score (nSPS) is 10.4. The molecule has 0 bridgehead atoms. The zero-order valence-corrected chi connectivity index (χ0v) is 17.9. The SMILES string of the molecule is COc1cc(CNC(=O)c2cc(CNC(=O)O)cc(-c3cnccc3C)c2)ccc1Cl. The Balaban J connectivity index is 1.86. The monoisotopic (exact) mass is 439 g/mol. The van der Waals surface area contributed by atoms with Gasteiger partial charge in [0.25, 0.3) is 5.91 Å².